The fourth-order valence-electron chi connectivity index (χ4n) is 4.81. The van der Waals surface area contributed by atoms with Gasteiger partial charge in [0.05, 0.1) is 11.1 Å². The van der Waals surface area contributed by atoms with E-state index >= 15 is 0 Å². The van der Waals surface area contributed by atoms with E-state index in [-0.39, 0.29) is 24.4 Å². The average Bonchev–Trinajstić information content (AvgIpc) is 2.88. The van der Waals surface area contributed by atoms with Crippen molar-refractivity contribution in [1.29, 1.82) is 0 Å². The Balaban J connectivity index is 4.36. The van der Waals surface area contributed by atoms with Crippen LogP contribution in [-0.4, -0.2) is 33.7 Å². The van der Waals surface area contributed by atoms with Crippen molar-refractivity contribution in [2.75, 3.05) is 0 Å². The van der Waals surface area contributed by atoms with Crippen LogP contribution < -0.4 is 0 Å². The molecule has 0 aliphatic rings. The van der Waals surface area contributed by atoms with Gasteiger partial charge in [0.1, 0.15) is 11.6 Å². The van der Waals surface area contributed by atoms with E-state index in [1.165, 1.54) is 77.0 Å². The fourth-order valence-corrected chi connectivity index (χ4v) is 4.81. The number of carbonyl (C=O) groups excluding carboxylic acids is 2. The molecule has 0 amide bonds. The number of ketones is 2. The number of carbonyl (C=O) groups is 4. The number of rotatable bonds is 28. The van der Waals surface area contributed by atoms with Crippen LogP contribution in [0.3, 0.4) is 0 Å². The van der Waals surface area contributed by atoms with Crippen LogP contribution >= 0.6 is 0 Å². The molecule has 0 heterocycles. The summed E-state index contributed by atoms with van der Waals surface area (Å²) in [7, 11) is 0. The molecule has 6 heteroatoms. The van der Waals surface area contributed by atoms with E-state index in [1.54, 1.807) is 0 Å². The van der Waals surface area contributed by atoms with E-state index in [9.17, 15) is 29.4 Å². The summed E-state index contributed by atoms with van der Waals surface area (Å²) in [6, 6.07) is 0. The summed E-state index contributed by atoms with van der Waals surface area (Å²) in [5, 5.41) is 19.2. The number of carboxylic acids is 2. The van der Waals surface area contributed by atoms with Crippen molar-refractivity contribution >= 4 is 23.5 Å². The van der Waals surface area contributed by atoms with Gasteiger partial charge in [0, 0.05) is 25.7 Å². The standard InChI is InChI=1S/C32H56O6/c1-3-5-7-9-11-13-15-17-19-21-23-27(33)25-29(31(35)36)30(32(37)38)26-28(34)24-22-20-18-16-14-12-10-8-6-4-2/h3-26H2,1-2H3,(H,35,36)(H,37,38)/b30-29+. The highest BCUT2D eigenvalue weighted by atomic mass is 16.4. The molecule has 0 spiro atoms. The third-order valence-electron chi connectivity index (χ3n) is 7.25. The smallest absolute Gasteiger partial charge is 0.332 e. The maximum atomic E-state index is 12.4. The zero-order chi connectivity index (χ0) is 28.4. The highest BCUT2D eigenvalue weighted by molar-refractivity contribution is 6.05. The van der Waals surface area contributed by atoms with Gasteiger partial charge in [0.25, 0.3) is 0 Å². The lowest BCUT2D eigenvalue weighted by Gasteiger charge is -2.09. The Morgan fingerprint density at radius 3 is 0.868 bits per heavy atom. The van der Waals surface area contributed by atoms with Gasteiger partial charge in [0.15, 0.2) is 0 Å². The van der Waals surface area contributed by atoms with E-state index in [0.717, 1.165) is 38.5 Å². The molecule has 0 aromatic rings. The number of aliphatic carboxylic acids is 2. The van der Waals surface area contributed by atoms with Crippen LogP contribution in [0.25, 0.3) is 0 Å². The largest absolute Gasteiger partial charge is 0.478 e. The van der Waals surface area contributed by atoms with Crippen molar-refractivity contribution in [3.05, 3.63) is 11.1 Å². The summed E-state index contributed by atoms with van der Waals surface area (Å²) >= 11 is 0. The molecular weight excluding hydrogens is 480 g/mol. The van der Waals surface area contributed by atoms with Crippen molar-refractivity contribution in [2.45, 2.75) is 168 Å². The minimum Gasteiger partial charge on any atom is -0.478 e. The second kappa shape index (κ2) is 25.3. The first-order chi connectivity index (χ1) is 18.3. The molecule has 6 nitrogen and oxygen atoms in total. The molecule has 0 saturated heterocycles. The Bertz CT molecular complexity index is 636. The highest BCUT2D eigenvalue weighted by Crippen LogP contribution is 2.19. The molecule has 0 rings (SSSR count). The van der Waals surface area contributed by atoms with E-state index in [1.807, 2.05) is 0 Å². The van der Waals surface area contributed by atoms with Crippen LogP contribution in [0, 0.1) is 0 Å². The van der Waals surface area contributed by atoms with Crippen LogP contribution in [0.15, 0.2) is 11.1 Å². The zero-order valence-corrected chi connectivity index (χ0v) is 24.5. The minimum absolute atomic E-state index is 0.243. The quantitative estimate of drug-likeness (QED) is 0.0762. The Hall–Kier alpha value is -1.98. The van der Waals surface area contributed by atoms with Gasteiger partial charge >= 0.3 is 11.9 Å². The predicted molar refractivity (Wildman–Crippen MR) is 154 cm³/mol. The summed E-state index contributed by atoms with van der Waals surface area (Å²) in [5.74, 6) is -3.40. The predicted octanol–water partition coefficient (Wildman–Crippen LogP) is 8.99. The maximum Gasteiger partial charge on any atom is 0.332 e. The lowest BCUT2D eigenvalue weighted by Crippen LogP contribution is -2.17. The SMILES string of the molecule is CCCCCCCCCCCCC(=O)C/C(C(=O)O)=C(/CC(=O)CCCCCCCCCCCC)C(=O)O. The van der Waals surface area contributed by atoms with E-state index < -0.39 is 35.9 Å². The molecule has 220 valence electrons. The lowest BCUT2D eigenvalue weighted by atomic mass is 9.95. The van der Waals surface area contributed by atoms with Gasteiger partial charge in [-0.05, 0) is 12.8 Å². The average molecular weight is 537 g/mol. The van der Waals surface area contributed by atoms with Crippen molar-refractivity contribution in [3.63, 3.8) is 0 Å². The molecular formula is C32H56O6. The zero-order valence-electron chi connectivity index (χ0n) is 24.5. The minimum atomic E-state index is -1.43. The lowest BCUT2D eigenvalue weighted by molar-refractivity contribution is -0.137. The summed E-state index contributed by atoms with van der Waals surface area (Å²) in [6.45, 7) is 4.41. The first-order valence-electron chi connectivity index (χ1n) is 15.5. The van der Waals surface area contributed by atoms with Crippen molar-refractivity contribution in [2.24, 2.45) is 0 Å². The molecule has 0 saturated carbocycles. The van der Waals surface area contributed by atoms with Crippen LogP contribution in [0.1, 0.15) is 168 Å². The molecule has 0 fully saturated rings. The van der Waals surface area contributed by atoms with Gasteiger partial charge in [0.2, 0.25) is 0 Å². The first kappa shape index (κ1) is 36.0. The van der Waals surface area contributed by atoms with Crippen molar-refractivity contribution < 1.29 is 29.4 Å². The molecule has 2 N–H and O–H groups in total. The van der Waals surface area contributed by atoms with Gasteiger partial charge in [-0.25, -0.2) is 9.59 Å². The van der Waals surface area contributed by atoms with Gasteiger partial charge in [-0.2, -0.15) is 0 Å². The second-order valence-electron chi connectivity index (χ2n) is 10.9. The van der Waals surface area contributed by atoms with Crippen LogP contribution in [0.2, 0.25) is 0 Å². The van der Waals surface area contributed by atoms with Crippen LogP contribution in [0.5, 0.6) is 0 Å². The first-order valence-corrected chi connectivity index (χ1v) is 15.5. The summed E-state index contributed by atoms with van der Waals surface area (Å²) in [6.07, 6.45) is 22.4. The van der Waals surface area contributed by atoms with Gasteiger partial charge in [-0.15, -0.1) is 0 Å². The Kier molecular flexibility index (Phi) is 24.0. The molecule has 0 radical (unpaired) electrons. The molecule has 38 heavy (non-hydrogen) atoms. The molecule has 0 aliphatic heterocycles. The normalized spacial score (nSPS) is 11.8. The summed E-state index contributed by atoms with van der Waals surface area (Å²) < 4.78 is 0. The van der Waals surface area contributed by atoms with Gasteiger partial charge < -0.3 is 10.2 Å². The Labute approximate surface area is 232 Å². The summed E-state index contributed by atoms with van der Waals surface area (Å²) in [4.78, 5) is 48.3. The summed E-state index contributed by atoms with van der Waals surface area (Å²) in [5.41, 5.74) is -0.878. The van der Waals surface area contributed by atoms with Crippen molar-refractivity contribution in [3.8, 4) is 0 Å². The second-order valence-corrected chi connectivity index (χ2v) is 10.9. The monoisotopic (exact) mass is 536 g/mol. The van der Waals surface area contributed by atoms with Gasteiger partial charge in [-0.1, -0.05) is 129 Å². The van der Waals surface area contributed by atoms with E-state index in [4.69, 9.17) is 0 Å². The molecule has 0 bridgehead atoms. The van der Waals surface area contributed by atoms with Crippen LogP contribution in [-0.2, 0) is 19.2 Å². The third kappa shape index (κ3) is 21.0. The molecule has 0 aromatic heterocycles. The molecule has 0 aliphatic carbocycles. The number of carboxylic acid groups (broad SMARTS) is 2. The van der Waals surface area contributed by atoms with Gasteiger partial charge in [-0.3, -0.25) is 9.59 Å². The highest BCUT2D eigenvalue weighted by Gasteiger charge is 2.24. The number of unbranched alkanes of at least 4 members (excludes halogenated alkanes) is 18. The molecule has 0 atom stereocenters. The Morgan fingerprint density at radius 2 is 0.632 bits per heavy atom. The van der Waals surface area contributed by atoms with Crippen molar-refractivity contribution in [1.82, 2.24) is 0 Å². The third-order valence-corrected chi connectivity index (χ3v) is 7.25. The fraction of sp³-hybridized carbons (Fsp3) is 0.812. The maximum absolute atomic E-state index is 12.4. The number of hydrogen-bond acceptors (Lipinski definition) is 4. The van der Waals surface area contributed by atoms with E-state index in [0.29, 0.717) is 12.8 Å². The number of Topliss-reactive ketones (excluding diaryl/α,β-unsaturated/α-hetero) is 2. The molecule has 0 unspecified atom stereocenters. The Morgan fingerprint density at radius 1 is 0.395 bits per heavy atom. The number of hydrogen-bond donors (Lipinski definition) is 2. The topological polar surface area (TPSA) is 109 Å². The van der Waals surface area contributed by atoms with E-state index in [2.05, 4.69) is 13.8 Å². The van der Waals surface area contributed by atoms with Crippen LogP contribution in [0.4, 0.5) is 0 Å². The molecule has 0 aromatic carbocycles.